The molecule has 0 aliphatic carbocycles. The van der Waals surface area contributed by atoms with Crippen molar-refractivity contribution in [1.29, 1.82) is 0 Å². The Balaban J connectivity index is 1.99. The molecule has 0 aliphatic rings. The van der Waals surface area contributed by atoms with Crippen molar-refractivity contribution >= 4 is 11.6 Å². The number of likely N-dealkylation sites (N-methyl/N-ethyl adjacent to an activating group) is 1. The molecule has 0 spiro atoms. The van der Waals surface area contributed by atoms with Gasteiger partial charge in [0.1, 0.15) is 12.4 Å². The van der Waals surface area contributed by atoms with Gasteiger partial charge in [0.2, 0.25) is 0 Å². The molecular formula is C20H26N2O3. The highest BCUT2D eigenvalue weighted by atomic mass is 16.5. The number of nitrogens with one attached hydrogen (secondary N) is 1. The summed E-state index contributed by atoms with van der Waals surface area (Å²) in [7, 11) is 1.90. The number of aromatic amines is 1. The zero-order valence-corrected chi connectivity index (χ0v) is 15.6. The number of nitrogens with zero attached hydrogens (tertiary/aromatic N) is 1. The lowest BCUT2D eigenvalue weighted by Gasteiger charge is -2.23. The predicted molar refractivity (Wildman–Crippen MR) is 98.6 cm³/mol. The fraction of sp³-hybridized carbons (Fsp3) is 0.400. The van der Waals surface area contributed by atoms with Crippen LogP contribution in [0.15, 0.2) is 30.3 Å². The third kappa shape index (κ3) is 4.37. The number of ketones is 2. The van der Waals surface area contributed by atoms with Crippen molar-refractivity contribution in [3.8, 4) is 5.75 Å². The van der Waals surface area contributed by atoms with Gasteiger partial charge in [-0.2, -0.15) is 0 Å². The van der Waals surface area contributed by atoms with Crippen LogP contribution < -0.4 is 4.74 Å². The van der Waals surface area contributed by atoms with Gasteiger partial charge in [0.05, 0.1) is 11.7 Å². The van der Waals surface area contributed by atoms with E-state index >= 15 is 0 Å². The summed E-state index contributed by atoms with van der Waals surface area (Å²) < 4.78 is 5.69. The number of ether oxygens (including phenoxy) is 1. The van der Waals surface area contributed by atoms with Gasteiger partial charge in [0.15, 0.2) is 11.6 Å². The molecule has 1 aromatic carbocycles. The fourth-order valence-corrected chi connectivity index (χ4v) is 2.95. The second-order valence-corrected chi connectivity index (χ2v) is 6.36. The van der Waals surface area contributed by atoms with Crippen LogP contribution in [-0.4, -0.2) is 47.7 Å². The Morgan fingerprint density at radius 2 is 1.84 bits per heavy atom. The number of carbonyl (C=O) groups is 2. The first kappa shape index (κ1) is 18.9. The minimum absolute atomic E-state index is 0.0182. The van der Waals surface area contributed by atoms with Crippen molar-refractivity contribution in [3.05, 3.63) is 52.8 Å². The normalized spacial score (nSPS) is 12.2. The van der Waals surface area contributed by atoms with E-state index in [9.17, 15) is 9.59 Å². The number of aryl methyl sites for hydroxylation is 1. The monoisotopic (exact) mass is 342 g/mol. The maximum atomic E-state index is 12.8. The van der Waals surface area contributed by atoms with Crippen molar-refractivity contribution in [2.24, 2.45) is 0 Å². The zero-order chi connectivity index (χ0) is 18.6. The SMILES string of the molecule is CC(=O)c1c(C)[nH]c(C(=O)[C@@H](C)N(C)CCOc2ccccc2)c1C. The van der Waals surface area contributed by atoms with Crippen LogP contribution in [0.2, 0.25) is 0 Å². The molecule has 0 fully saturated rings. The van der Waals surface area contributed by atoms with E-state index in [-0.39, 0.29) is 17.6 Å². The van der Waals surface area contributed by atoms with Crippen molar-refractivity contribution in [3.63, 3.8) is 0 Å². The molecule has 0 aliphatic heterocycles. The molecule has 0 saturated carbocycles. The third-order valence-electron chi connectivity index (χ3n) is 4.53. The second kappa shape index (κ2) is 8.12. The molecule has 2 rings (SSSR count). The Labute approximate surface area is 149 Å². The Morgan fingerprint density at radius 3 is 2.40 bits per heavy atom. The number of para-hydroxylation sites is 1. The summed E-state index contributed by atoms with van der Waals surface area (Å²) in [4.78, 5) is 29.6. The lowest BCUT2D eigenvalue weighted by molar-refractivity contribution is 0.0848. The molecule has 1 N–H and O–H groups in total. The molecule has 2 aromatic rings. The van der Waals surface area contributed by atoms with Gasteiger partial charge in [0, 0.05) is 17.8 Å². The number of carbonyl (C=O) groups excluding carboxylic acids is 2. The summed E-state index contributed by atoms with van der Waals surface area (Å²) in [5.41, 5.74) is 2.61. The molecule has 0 unspecified atom stereocenters. The first-order valence-electron chi connectivity index (χ1n) is 8.45. The van der Waals surface area contributed by atoms with Crippen LogP contribution in [0.3, 0.4) is 0 Å². The fourth-order valence-electron chi connectivity index (χ4n) is 2.95. The summed E-state index contributed by atoms with van der Waals surface area (Å²) in [5.74, 6) is 0.773. The lowest BCUT2D eigenvalue weighted by atomic mass is 10.0. The van der Waals surface area contributed by atoms with E-state index in [0.29, 0.717) is 24.4 Å². The maximum absolute atomic E-state index is 12.8. The molecule has 0 radical (unpaired) electrons. The van der Waals surface area contributed by atoms with E-state index in [1.165, 1.54) is 6.92 Å². The molecular weight excluding hydrogens is 316 g/mol. The summed E-state index contributed by atoms with van der Waals surface area (Å²) in [5, 5.41) is 0. The van der Waals surface area contributed by atoms with Crippen molar-refractivity contribution in [2.75, 3.05) is 20.2 Å². The molecule has 25 heavy (non-hydrogen) atoms. The smallest absolute Gasteiger partial charge is 0.196 e. The van der Waals surface area contributed by atoms with Crippen LogP contribution in [0.4, 0.5) is 0 Å². The quantitative estimate of drug-likeness (QED) is 0.747. The van der Waals surface area contributed by atoms with Gasteiger partial charge in [-0.15, -0.1) is 0 Å². The van der Waals surface area contributed by atoms with Crippen LogP contribution in [0.25, 0.3) is 0 Å². The summed E-state index contributed by atoms with van der Waals surface area (Å²) in [6.45, 7) is 8.16. The number of Topliss-reactive ketones (excluding diaryl/α,β-unsaturated/α-hetero) is 2. The second-order valence-electron chi connectivity index (χ2n) is 6.36. The lowest BCUT2D eigenvalue weighted by Crippen LogP contribution is -2.38. The van der Waals surface area contributed by atoms with Gasteiger partial charge < -0.3 is 9.72 Å². The largest absolute Gasteiger partial charge is 0.492 e. The Kier molecular flexibility index (Phi) is 6.15. The van der Waals surface area contributed by atoms with Gasteiger partial charge in [-0.05, 0) is 52.4 Å². The van der Waals surface area contributed by atoms with E-state index in [1.54, 1.807) is 0 Å². The van der Waals surface area contributed by atoms with Gasteiger partial charge in [-0.25, -0.2) is 0 Å². The van der Waals surface area contributed by atoms with E-state index in [4.69, 9.17) is 4.74 Å². The molecule has 0 saturated heterocycles. The van der Waals surface area contributed by atoms with E-state index in [0.717, 1.165) is 17.0 Å². The van der Waals surface area contributed by atoms with Crippen LogP contribution in [0, 0.1) is 13.8 Å². The topological polar surface area (TPSA) is 62.4 Å². The van der Waals surface area contributed by atoms with Crippen molar-refractivity contribution in [2.45, 2.75) is 33.7 Å². The Bertz CT molecular complexity index is 750. The predicted octanol–water partition coefficient (Wildman–Crippen LogP) is 3.42. The number of hydrogen-bond acceptors (Lipinski definition) is 4. The van der Waals surface area contributed by atoms with E-state index in [1.807, 2.05) is 63.1 Å². The standard InChI is InChI=1S/C20H26N2O3/c1-13-18(16(4)23)14(2)21-19(13)20(24)15(3)22(5)11-12-25-17-9-7-6-8-10-17/h6-10,15,21H,11-12H2,1-5H3/t15-/m1/s1. The molecule has 5 nitrogen and oxygen atoms in total. The molecule has 1 atom stereocenters. The van der Waals surface area contributed by atoms with Gasteiger partial charge in [0.25, 0.3) is 0 Å². The molecule has 5 heteroatoms. The van der Waals surface area contributed by atoms with Crippen LogP contribution in [-0.2, 0) is 0 Å². The number of H-pyrrole nitrogens is 1. The molecule has 0 amide bonds. The van der Waals surface area contributed by atoms with Crippen LogP contribution in [0.1, 0.15) is 46.0 Å². The van der Waals surface area contributed by atoms with Crippen LogP contribution in [0.5, 0.6) is 5.75 Å². The van der Waals surface area contributed by atoms with Crippen molar-refractivity contribution in [1.82, 2.24) is 9.88 Å². The number of rotatable bonds is 8. The van der Waals surface area contributed by atoms with Gasteiger partial charge >= 0.3 is 0 Å². The molecule has 0 bridgehead atoms. The number of aromatic nitrogens is 1. The number of hydrogen-bond donors (Lipinski definition) is 1. The van der Waals surface area contributed by atoms with Crippen molar-refractivity contribution < 1.29 is 14.3 Å². The Morgan fingerprint density at radius 1 is 1.20 bits per heavy atom. The number of benzene rings is 1. The summed E-state index contributed by atoms with van der Waals surface area (Å²) >= 11 is 0. The third-order valence-corrected chi connectivity index (χ3v) is 4.53. The van der Waals surface area contributed by atoms with Gasteiger partial charge in [-0.1, -0.05) is 18.2 Å². The maximum Gasteiger partial charge on any atom is 0.196 e. The van der Waals surface area contributed by atoms with E-state index < -0.39 is 0 Å². The highest BCUT2D eigenvalue weighted by Crippen LogP contribution is 2.20. The average molecular weight is 342 g/mol. The summed E-state index contributed by atoms with van der Waals surface area (Å²) in [6.07, 6.45) is 0. The highest BCUT2D eigenvalue weighted by Gasteiger charge is 2.25. The van der Waals surface area contributed by atoms with Crippen LogP contribution >= 0.6 is 0 Å². The van der Waals surface area contributed by atoms with E-state index in [2.05, 4.69) is 4.98 Å². The molecule has 134 valence electrons. The molecule has 1 aromatic heterocycles. The average Bonchev–Trinajstić information content (AvgIpc) is 2.88. The first-order valence-corrected chi connectivity index (χ1v) is 8.45. The minimum atomic E-state index is -0.309. The zero-order valence-electron chi connectivity index (χ0n) is 15.6. The highest BCUT2D eigenvalue weighted by molar-refractivity contribution is 6.05. The molecule has 1 heterocycles. The summed E-state index contributed by atoms with van der Waals surface area (Å²) in [6, 6.07) is 9.29. The van der Waals surface area contributed by atoms with Gasteiger partial charge in [-0.3, -0.25) is 14.5 Å². The minimum Gasteiger partial charge on any atom is -0.492 e. The Hall–Kier alpha value is -2.40. The first-order chi connectivity index (χ1) is 11.8.